The van der Waals surface area contributed by atoms with Crippen LogP contribution >= 0.6 is 0 Å². The number of likely N-dealkylation sites (tertiary alicyclic amines) is 2. The third-order valence-corrected chi connectivity index (χ3v) is 6.23. The molecule has 2 atom stereocenters. The van der Waals surface area contributed by atoms with Gasteiger partial charge in [0.2, 0.25) is 11.8 Å². The summed E-state index contributed by atoms with van der Waals surface area (Å²) in [6.45, 7) is 3.97. The largest absolute Gasteiger partial charge is 0.346 e. The molecule has 8 nitrogen and oxygen atoms in total. The number of piperidine rings is 1. The molecule has 2 aromatic rings. The number of aromatic amines is 1. The molecule has 3 amide bonds. The Morgan fingerprint density at radius 3 is 2.57 bits per heavy atom. The molecule has 2 saturated heterocycles. The van der Waals surface area contributed by atoms with Gasteiger partial charge in [-0.05, 0) is 38.2 Å². The van der Waals surface area contributed by atoms with Crippen molar-refractivity contribution in [3.05, 3.63) is 30.0 Å². The Hall–Kier alpha value is -2.90. The van der Waals surface area contributed by atoms with Gasteiger partial charge in [-0.2, -0.15) is 5.10 Å². The van der Waals surface area contributed by atoms with Crippen LogP contribution in [0.5, 0.6) is 0 Å². The highest BCUT2D eigenvalue weighted by Gasteiger charge is 2.33. The molecule has 3 heterocycles. The molecule has 160 valence electrons. The lowest BCUT2D eigenvalue weighted by Crippen LogP contribution is -2.46. The maximum absolute atomic E-state index is 13.0. The van der Waals surface area contributed by atoms with Crippen molar-refractivity contribution < 1.29 is 14.4 Å². The zero-order valence-corrected chi connectivity index (χ0v) is 17.4. The number of amides is 3. The maximum Gasteiger partial charge on any atom is 0.272 e. The molecule has 0 aliphatic carbocycles. The lowest BCUT2D eigenvalue weighted by Gasteiger charge is -2.31. The summed E-state index contributed by atoms with van der Waals surface area (Å²) in [4.78, 5) is 41.7. The van der Waals surface area contributed by atoms with E-state index < -0.39 is 0 Å². The van der Waals surface area contributed by atoms with E-state index in [1.807, 2.05) is 29.2 Å². The van der Waals surface area contributed by atoms with Gasteiger partial charge in [0, 0.05) is 44.5 Å². The number of aromatic nitrogens is 2. The van der Waals surface area contributed by atoms with Gasteiger partial charge >= 0.3 is 0 Å². The van der Waals surface area contributed by atoms with Crippen molar-refractivity contribution in [2.75, 3.05) is 26.2 Å². The van der Waals surface area contributed by atoms with Crippen LogP contribution in [0.25, 0.3) is 10.9 Å². The molecule has 0 radical (unpaired) electrons. The molecule has 1 aromatic heterocycles. The van der Waals surface area contributed by atoms with Crippen LogP contribution in [0.2, 0.25) is 0 Å². The van der Waals surface area contributed by atoms with E-state index in [1.165, 1.54) is 13.3 Å². The van der Waals surface area contributed by atoms with Crippen LogP contribution in [-0.4, -0.2) is 69.9 Å². The van der Waals surface area contributed by atoms with Crippen LogP contribution in [0.1, 0.15) is 49.5 Å². The molecule has 30 heavy (non-hydrogen) atoms. The number of nitrogens with zero attached hydrogens (tertiary/aromatic N) is 3. The zero-order chi connectivity index (χ0) is 21.1. The average Bonchev–Trinajstić information content (AvgIpc) is 3.08. The molecule has 2 N–H and O–H groups in total. The van der Waals surface area contributed by atoms with Gasteiger partial charge in [0.1, 0.15) is 0 Å². The lowest BCUT2D eigenvalue weighted by atomic mass is 9.98. The van der Waals surface area contributed by atoms with Gasteiger partial charge in [-0.3, -0.25) is 19.5 Å². The summed E-state index contributed by atoms with van der Waals surface area (Å²) in [6, 6.07) is 7.28. The summed E-state index contributed by atoms with van der Waals surface area (Å²) in [7, 11) is 0. The second-order valence-electron chi connectivity index (χ2n) is 8.37. The molecule has 8 heteroatoms. The quantitative estimate of drug-likeness (QED) is 0.806. The van der Waals surface area contributed by atoms with Crippen molar-refractivity contribution in [3.8, 4) is 0 Å². The van der Waals surface area contributed by atoms with E-state index in [-0.39, 0.29) is 29.7 Å². The molecule has 0 unspecified atom stereocenters. The smallest absolute Gasteiger partial charge is 0.272 e. The Balaban J connectivity index is 1.45. The Morgan fingerprint density at radius 2 is 1.80 bits per heavy atom. The second-order valence-corrected chi connectivity index (χ2v) is 8.37. The fourth-order valence-electron chi connectivity index (χ4n) is 4.53. The first-order valence-electron chi connectivity index (χ1n) is 10.8. The van der Waals surface area contributed by atoms with Crippen LogP contribution in [0.4, 0.5) is 0 Å². The van der Waals surface area contributed by atoms with Crippen LogP contribution in [0.15, 0.2) is 24.3 Å². The fraction of sp³-hybridized carbons (Fsp3) is 0.545. The summed E-state index contributed by atoms with van der Waals surface area (Å²) in [5.74, 6) is -0.397. The molecule has 2 fully saturated rings. The normalized spacial score (nSPS) is 22.6. The SMILES string of the molecule is CC(=O)N1C[C@@H](NC(=O)c2n[nH]c3ccccc23)CC[C@@H](C(=O)N2CCCCC2)C1. The zero-order valence-electron chi connectivity index (χ0n) is 17.4. The van der Waals surface area contributed by atoms with Crippen molar-refractivity contribution in [1.82, 2.24) is 25.3 Å². The number of benzene rings is 1. The van der Waals surface area contributed by atoms with Gasteiger partial charge in [0.05, 0.1) is 11.4 Å². The maximum atomic E-state index is 13.0. The molecule has 4 rings (SSSR count). The minimum atomic E-state index is -0.262. The van der Waals surface area contributed by atoms with E-state index >= 15 is 0 Å². The van der Waals surface area contributed by atoms with Gasteiger partial charge < -0.3 is 15.1 Å². The van der Waals surface area contributed by atoms with E-state index in [9.17, 15) is 14.4 Å². The Labute approximate surface area is 176 Å². The number of carbonyl (C=O) groups excluding carboxylic acids is 3. The number of hydrogen-bond acceptors (Lipinski definition) is 4. The fourth-order valence-corrected chi connectivity index (χ4v) is 4.53. The first-order valence-corrected chi connectivity index (χ1v) is 10.8. The van der Waals surface area contributed by atoms with E-state index in [2.05, 4.69) is 15.5 Å². The summed E-state index contributed by atoms with van der Waals surface area (Å²) in [5, 5.41) is 10.8. The first kappa shape index (κ1) is 20.4. The topological polar surface area (TPSA) is 98.4 Å². The number of hydrogen-bond donors (Lipinski definition) is 2. The number of H-pyrrole nitrogens is 1. The van der Waals surface area contributed by atoms with Crippen LogP contribution in [0.3, 0.4) is 0 Å². The monoisotopic (exact) mass is 411 g/mol. The highest BCUT2D eigenvalue weighted by Crippen LogP contribution is 2.22. The summed E-state index contributed by atoms with van der Waals surface area (Å²) in [5.41, 5.74) is 1.16. The van der Waals surface area contributed by atoms with E-state index in [1.54, 1.807) is 4.90 Å². The van der Waals surface area contributed by atoms with Crippen molar-refractivity contribution in [2.24, 2.45) is 5.92 Å². The van der Waals surface area contributed by atoms with Gasteiger partial charge in [-0.1, -0.05) is 18.2 Å². The van der Waals surface area contributed by atoms with Crippen molar-refractivity contribution >= 4 is 28.6 Å². The predicted octanol–water partition coefficient (Wildman–Crippen LogP) is 1.93. The first-order chi connectivity index (χ1) is 14.5. The van der Waals surface area contributed by atoms with Gasteiger partial charge in [-0.15, -0.1) is 0 Å². The third-order valence-electron chi connectivity index (χ3n) is 6.23. The minimum absolute atomic E-state index is 0.0715. The standard InChI is InChI=1S/C22H29N5O3/c1-15(28)27-13-16(22(30)26-11-5-2-6-12-26)9-10-17(14-27)23-21(29)20-18-7-3-4-8-19(18)24-25-20/h3-4,7-8,16-17H,2,5-6,9-14H2,1H3,(H,23,29)(H,24,25)/t16-,17+/m1/s1. The number of para-hydroxylation sites is 1. The number of fused-ring (bicyclic) bond motifs is 1. The molecular weight excluding hydrogens is 382 g/mol. The van der Waals surface area contributed by atoms with Crippen molar-refractivity contribution in [1.29, 1.82) is 0 Å². The molecule has 2 aliphatic heterocycles. The Bertz CT molecular complexity index is 934. The highest BCUT2D eigenvalue weighted by molar-refractivity contribution is 6.04. The molecule has 1 aromatic carbocycles. The average molecular weight is 412 g/mol. The number of nitrogens with one attached hydrogen (secondary N) is 2. The van der Waals surface area contributed by atoms with Gasteiger partial charge in [0.15, 0.2) is 5.69 Å². The van der Waals surface area contributed by atoms with Crippen LogP contribution in [0, 0.1) is 5.92 Å². The molecule has 0 saturated carbocycles. The van der Waals surface area contributed by atoms with Gasteiger partial charge in [-0.25, -0.2) is 0 Å². The van der Waals surface area contributed by atoms with Crippen molar-refractivity contribution in [3.63, 3.8) is 0 Å². The summed E-state index contributed by atoms with van der Waals surface area (Å²) < 4.78 is 0. The highest BCUT2D eigenvalue weighted by atomic mass is 16.2. The number of rotatable bonds is 3. The van der Waals surface area contributed by atoms with Crippen LogP contribution < -0.4 is 5.32 Å². The lowest BCUT2D eigenvalue weighted by molar-refractivity contribution is -0.138. The molecule has 0 spiro atoms. The number of carbonyl (C=O) groups is 3. The third kappa shape index (κ3) is 4.32. The Morgan fingerprint density at radius 1 is 1.03 bits per heavy atom. The summed E-state index contributed by atoms with van der Waals surface area (Å²) >= 11 is 0. The predicted molar refractivity (Wildman–Crippen MR) is 113 cm³/mol. The molecule has 0 bridgehead atoms. The van der Waals surface area contributed by atoms with E-state index in [0.29, 0.717) is 31.6 Å². The molecular formula is C22H29N5O3. The van der Waals surface area contributed by atoms with Crippen LogP contribution in [-0.2, 0) is 9.59 Å². The minimum Gasteiger partial charge on any atom is -0.346 e. The molecule has 2 aliphatic rings. The second kappa shape index (κ2) is 8.85. The van der Waals surface area contributed by atoms with Crippen molar-refractivity contribution in [2.45, 2.75) is 45.1 Å². The Kier molecular flexibility index (Phi) is 6.01. The van der Waals surface area contributed by atoms with E-state index in [0.717, 1.165) is 36.8 Å². The van der Waals surface area contributed by atoms with Gasteiger partial charge in [0.25, 0.3) is 5.91 Å². The van der Waals surface area contributed by atoms with E-state index in [4.69, 9.17) is 0 Å². The summed E-state index contributed by atoms with van der Waals surface area (Å²) in [6.07, 6.45) is 4.58.